The van der Waals surface area contributed by atoms with Gasteiger partial charge >= 0.3 is 5.97 Å². The number of hydrogen-bond acceptors (Lipinski definition) is 5. The van der Waals surface area contributed by atoms with Crippen molar-refractivity contribution in [3.8, 4) is 28.3 Å². The number of hydrogen-bond donors (Lipinski definition) is 2. The number of benzene rings is 3. The summed E-state index contributed by atoms with van der Waals surface area (Å²) in [6.45, 7) is 7.05. The van der Waals surface area contributed by atoms with Crippen LogP contribution in [0.25, 0.3) is 22.5 Å². The van der Waals surface area contributed by atoms with Gasteiger partial charge in [-0.25, -0.2) is 14.8 Å². The molecule has 43 heavy (non-hydrogen) atoms. The average molecular weight is 580 g/mol. The normalized spacial score (nSPS) is 11.7. The molecule has 7 nitrogen and oxygen atoms in total. The summed E-state index contributed by atoms with van der Waals surface area (Å²) in [5, 5.41) is 12.4. The summed E-state index contributed by atoms with van der Waals surface area (Å²) in [5.74, 6) is 0.217. The molecule has 1 heterocycles. The van der Waals surface area contributed by atoms with E-state index in [1.54, 1.807) is 24.5 Å². The molecular weight excluding hydrogens is 538 g/mol. The number of nitrogens with one attached hydrogen (secondary N) is 1. The minimum Gasteiger partial charge on any atom is -0.494 e. The van der Waals surface area contributed by atoms with Gasteiger partial charge in [0.25, 0.3) is 5.91 Å². The first kappa shape index (κ1) is 31.4. The lowest BCUT2D eigenvalue weighted by molar-refractivity contribution is -0.139. The molecule has 1 amide bonds. The highest BCUT2D eigenvalue weighted by Crippen LogP contribution is 2.24. The van der Waals surface area contributed by atoms with E-state index in [2.05, 4.69) is 22.2 Å². The number of nitrogens with zero attached hydrogens (tertiary/aromatic N) is 2. The molecule has 0 saturated heterocycles. The Kier molecular flexibility index (Phi) is 11.4. The van der Waals surface area contributed by atoms with E-state index >= 15 is 0 Å². The van der Waals surface area contributed by atoms with Crippen molar-refractivity contribution < 1.29 is 19.4 Å². The van der Waals surface area contributed by atoms with Crippen LogP contribution in [0, 0.1) is 0 Å². The Morgan fingerprint density at radius 2 is 1.51 bits per heavy atom. The number of aromatic nitrogens is 2. The number of unbranched alkanes of at least 4 members (excludes halogenated alkanes) is 4. The quantitative estimate of drug-likeness (QED) is 0.140. The number of carboxylic acid groups (broad SMARTS) is 1. The van der Waals surface area contributed by atoms with Crippen LogP contribution in [0.4, 0.5) is 0 Å². The third-order valence-electron chi connectivity index (χ3n) is 7.43. The van der Waals surface area contributed by atoms with Crippen molar-refractivity contribution in [3.63, 3.8) is 0 Å². The van der Waals surface area contributed by atoms with Crippen LogP contribution in [0.1, 0.15) is 80.3 Å². The maximum Gasteiger partial charge on any atom is 0.326 e. The van der Waals surface area contributed by atoms with Gasteiger partial charge in [-0.1, -0.05) is 95.0 Å². The molecule has 0 radical (unpaired) electrons. The second-order valence-electron chi connectivity index (χ2n) is 11.1. The molecule has 0 fully saturated rings. The van der Waals surface area contributed by atoms with Crippen molar-refractivity contribution in [1.82, 2.24) is 15.3 Å². The lowest BCUT2D eigenvalue weighted by Crippen LogP contribution is -2.42. The summed E-state index contributed by atoms with van der Waals surface area (Å²) in [5.41, 5.74) is 4.99. The number of aliphatic carboxylic acids is 1. The smallest absolute Gasteiger partial charge is 0.326 e. The monoisotopic (exact) mass is 579 g/mol. The molecule has 0 spiro atoms. The van der Waals surface area contributed by atoms with Crippen molar-refractivity contribution in [2.24, 2.45) is 0 Å². The van der Waals surface area contributed by atoms with Gasteiger partial charge < -0.3 is 15.2 Å². The molecule has 3 aromatic carbocycles. The summed E-state index contributed by atoms with van der Waals surface area (Å²) in [6.07, 6.45) is 9.81. The highest BCUT2D eigenvalue weighted by atomic mass is 16.5. The van der Waals surface area contributed by atoms with E-state index in [1.165, 1.54) is 25.7 Å². The fourth-order valence-corrected chi connectivity index (χ4v) is 4.77. The average Bonchev–Trinajstić information content (AvgIpc) is 3.03. The van der Waals surface area contributed by atoms with Crippen LogP contribution in [0.2, 0.25) is 0 Å². The van der Waals surface area contributed by atoms with Crippen molar-refractivity contribution in [2.45, 2.75) is 71.3 Å². The van der Waals surface area contributed by atoms with Crippen LogP contribution < -0.4 is 10.1 Å². The number of ether oxygens (including phenoxy) is 1. The van der Waals surface area contributed by atoms with E-state index in [0.717, 1.165) is 46.6 Å². The van der Waals surface area contributed by atoms with Crippen LogP contribution in [0.5, 0.6) is 5.75 Å². The number of amides is 1. The number of rotatable bonds is 15. The Morgan fingerprint density at radius 1 is 0.837 bits per heavy atom. The number of carboxylic acids is 1. The summed E-state index contributed by atoms with van der Waals surface area (Å²) in [6, 6.07) is 21.6. The topological polar surface area (TPSA) is 101 Å². The summed E-state index contributed by atoms with van der Waals surface area (Å²) in [7, 11) is 0. The first-order valence-electron chi connectivity index (χ1n) is 15.1. The zero-order valence-electron chi connectivity index (χ0n) is 25.3. The van der Waals surface area contributed by atoms with Gasteiger partial charge in [-0.2, -0.15) is 0 Å². The molecule has 0 unspecified atom stereocenters. The van der Waals surface area contributed by atoms with E-state index < -0.39 is 17.9 Å². The Labute approximate surface area is 254 Å². The maximum absolute atomic E-state index is 12.8. The predicted molar refractivity (Wildman–Crippen MR) is 170 cm³/mol. The third-order valence-corrected chi connectivity index (χ3v) is 7.43. The molecule has 224 valence electrons. The van der Waals surface area contributed by atoms with Crippen molar-refractivity contribution >= 4 is 11.9 Å². The largest absolute Gasteiger partial charge is 0.494 e. The lowest BCUT2D eigenvalue weighted by atomic mass is 10.00. The molecule has 0 bridgehead atoms. The fourth-order valence-electron chi connectivity index (χ4n) is 4.77. The van der Waals surface area contributed by atoms with Gasteiger partial charge in [0.1, 0.15) is 11.8 Å². The van der Waals surface area contributed by atoms with E-state index in [9.17, 15) is 14.7 Å². The Hall–Kier alpha value is -4.52. The third kappa shape index (κ3) is 9.23. The van der Waals surface area contributed by atoms with Crippen LogP contribution in [-0.4, -0.2) is 39.6 Å². The Bertz CT molecular complexity index is 1470. The van der Waals surface area contributed by atoms with Crippen LogP contribution in [-0.2, 0) is 11.2 Å². The van der Waals surface area contributed by atoms with Gasteiger partial charge in [-0.3, -0.25) is 4.79 Å². The molecule has 7 heteroatoms. The maximum atomic E-state index is 12.8. The summed E-state index contributed by atoms with van der Waals surface area (Å²) >= 11 is 0. The summed E-state index contributed by atoms with van der Waals surface area (Å²) in [4.78, 5) is 33.8. The Morgan fingerprint density at radius 3 is 2.16 bits per heavy atom. The van der Waals surface area contributed by atoms with Gasteiger partial charge in [-0.15, -0.1) is 0 Å². The van der Waals surface area contributed by atoms with Crippen molar-refractivity contribution in [2.75, 3.05) is 6.61 Å². The van der Waals surface area contributed by atoms with Crippen LogP contribution in [0.15, 0.2) is 85.2 Å². The van der Waals surface area contributed by atoms with Crippen LogP contribution >= 0.6 is 0 Å². The van der Waals surface area contributed by atoms with E-state index in [0.29, 0.717) is 11.4 Å². The molecule has 0 aliphatic carbocycles. The van der Waals surface area contributed by atoms with Gasteiger partial charge in [0.15, 0.2) is 5.82 Å². The van der Waals surface area contributed by atoms with E-state index in [-0.39, 0.29) is 12.3 Å². The fraction of sp³-hybridized carbons (Fsp3) is 0.333. The minimum atomic E-state index is -1.08. The van der Waals surface area contributed by atoms with Gasteiger partial charge in [0.2, 0.25) is 0 Å². The zero-order chi connectivity index (χ0) is 30.6. The Balaban J connectivity index is 1.33. The molecular formula is C36H41N3O4. The van der Waals surface area contributed by atoms with Gasteiger partial charge in [0, 0.05) is 35.5 Å². The van der Waals surface area contributed by atoms with Gasteiger partial charge in [0.05, 0.1) is 6.61 Å². The number of carbonyl (C=O) groups is 2. The molecule has 0 aliphatic rings. The van der Waals surface area contributed by atoms with Gasteiger partial charge in [-0.05, 0) is 53.3 Å². The molecule has 0 aliphatic heterocycles. The second kappa shape index (κ2) is 15.6. The van der Waals surface area contributed by atoms with E-state index in [1.807, 2.05) is 74.5 Å². The lowest BCUT2D eigenvalue weighted by Gasteiger charge is -2.16. The standard InChI is InChI=1S/C36H41N3O4/c1-4-5-6-7-8-20-43-32-18-16-27(17-19-32)31-23-37-34(38-24-31)28-14-12-26(13-15-28)21-33(36(41)42)39-35(40)30-11-9-10-29(22-30)25(2)3/h9-19,22-25,33H,4-8,20-21H2,1-3H3,(H,39,40)(H,41,42)/t33-/m0/s1. The first-order valence-corrected chi connectivity index (χ1v) is 15.1. The minimum absolute atomic E-state index is 0.156. The predicted octanol–water partition coefficient (Wildman–Crippen LogP) is 7.71. The highest BCUT2D eigenvalue weighted by Gasteiger charge is 2.21. The summed E-state index contributed by atoms with van der Waals surface area (Å²) < 4.78 is 5.87. The zero-order valence-corrected chi connectivity index (χ0v) is 25.3. The number of carbonyl (C=O) groups excluding carboxylic acids is 1. The second-order valence-corrected chi connectivity index (χ2v) is 11.1. The van der Waals surface area contributed by atoms with Crippen LogP contribution in [0.3, 0.4) is 0 Å². The SMILES string of the molecule is CCCCCCCOc1ccc(-c2cnc(-c3ccc(C[C@H](NC(=O)c4cccc(C(C)C)c4)C(=O)O)cc3)nc2)cc1. The molecule has 4 rings (SSSR count). The van der Waals surface area contributed by atoms with Crippen molar-refractivity contribution in [3.05, 3.63) is 102 Å². The molecule has 1 atom stereocenters. The molecule has 1 aromatic heterocycles. The molecule has 2 N–H and O–H groups in total. The first-order chi connectivity index (χ1) is 20.8. The highest BCUT2D eigenvalue weighted by molar-refractivity contribution is 5.96. The molecule has 0 saturated carbocycles. The van der Waals surface area contributed by atoms with Crippen molar-refractivity contribution in [1.29, 1.82) is 0 Å². The van der Waals surface area contributed by atoms with E-state index in [4.69, 9.17) is 4.74 Å². The molecule has 4 aromatic rings.